The number of para-hydroxylation sites is 2. The molecule has 1 aromatic heterocycles. The van der Waals surface area contributed by atoms with Crippen molar-refractivity contribution in [2.45, 2.75) is 45.2 Å². The lowest BCUT2D eigenvalue weighted by Gasteiger charge is -2.20. The maximum absolute atomic E-state index is 12.5. The predicted molar refractivity (Wildman–Crippen MR) is 102 cm³/mol. The zero-order chi connectivity index (χ0) is 18.1. The molecule has 2 aromatic carbocycles. The van der Waals surface area contributed by atoms with Crippen LogP contribution in [-0.2, 0) is 24.2 Å². The molecular formula is C21H23N3O2. The number of benzene rings is 2. The minimum absolute atomic E-state index is 0.0120. The summed E-state index contributed by atoms with van der Waals surface area (Å²) in [6.45, 7) is 2.00. The molecule has 1 heterocycles. The van der Waals surface area contributed by atoms with Gasteiger partial charge in [0.1, 0.15) is 6.54 Å². The van der Waals surface area contributed by atoms with E-state index in [0.717, 1.165) is 29.4 Å². The van der Waals surface area contributed by atoms with E-state index >= 15 is 0 Å². The Bertz CT molecular complexity index is 1020. The number of hydrogen-bond donors (Lipinski definition) is 2. The van der Waals surface area contributed by atoms with Gasteiger partial charge in [0.2, 0.25) is 5.91 Å². The summed E-state index contributed by atoms with van der Waals surface area (Å²) in [7, 11) is 0. The van der Waals surface area contributed by atoms with Gasteiger partial charge in [-0.05, 0) is 61.4 Å². The van der Waals surface area contributed by atoms with Crippen LogP contribution in [0.5, 0.6) is 0 Å². The molecule has 0 radical (unpaired) electrons. The van der Waals surface area contributed by atoms with Gasteiger partial charge < -0.3 is 10.3 Å². The van der Waals surface area contributed by atoms with Crippen molar-refractivity contribution in [3.63, 3.8) is 0 Å². The molecule has 0 spiro atoms. The first kappa shape index (κ1) is 16.6. The molecule has 1 amide bonds. The summed E-state index contributed by atoms with van der Waals surface area (Å²) in [6.07, 6.45) is 4.77. The monoisotopic (exact) mass is 349 g/mol. The van der Waals surface area contributed by atoms with E-state index in [1.807, 2.05) is 31.2 Å². The van der Waals surface area contributed by atoms with Crippen molar-refractivity contribution in [1.29, 1.82) is 0 Å². The van der Waals surface area contributed by atoms with E-state index in [-0.39, 0.29) is 24.2 Å². The van der Waals surface area contributed by atoms with Crippen molar-refractivity contribution in [2.24, 2.45) is 0 Å². The van der Waals surface area contributed by atoms with Crippen LogP contribution in [0.2, 0.25) is 0 Å². The van der Waals surface area contributed by atoms with Gasteiger partial charge in [0.15, 0.2) is 0 Å². The van der Waals surface area contributed by atoms with E-state index in [1.54, 1.807) is 0 Å². The molecule has 1 unspecified atom stereocenters. The third kappa shape index (κ3) is 3.17. The molecule has 5 heteroatoms. The van der Waals surface area contributed by atoms with Crippen LogP contribution < -0.4 is 11.0 Å². The zero-order valence-electron chi connectivity index (χ0n) is 14.9. The molecule has 5 nitrogen and oxygen atoms in total. The topological polar surface area (TPSA) is 66.9 Å². The van der Waals surface area contributed by atoms with Gasteiger partial charge in [0.25, 0.3) is 0 Å². The van der Waals surface area contributed by atoms with Gasteiger partial charge in [0, 0.05) is 0 Å². The Morgan fingerprint density at radius 1 is 1.15 bits per heavy atom. The Morgan fingerprint density at radius 2 is 1.92 bits per heavy atom. The number of aromatic nitrogens is 2. The van der Waals surface area contributed by atoms with Crippen molar-refractivity contribution in [3.05, 3.63) is 69.6 Å². The molecular weight excluding hydrogens is 326 g/mol. The lowest BCUT2D eigenvalue weighted by atomic mass is 9.89. The van der Waals surface area contributed by atoms with Gasteiger partial charge in [-0.15, -0.1) is 0 Å². The van der Waals surface area contributed by atoms with Crippen molar-refractivity contribution in [3.8, 4) is 0 Å². The molecule has 0 saturated carbocycles. The van der Waals surface area contributed by atoms with Gasteiger partial charge in [-0.2, -0.15) is 0 Å². The van der Waals surface area contributed by atoms with Crippen LogP contribution in [0.15, 0.2) is 47.3 Å². The molecule has 26 heavy (non-hydrogen) atoms. The molecule has 1 aliphatic rings. The van der Waals surface area contributed by atoms with Gasteiger partial charge in [-0.1, -0.05) is 30.3 Å². The highest BCUT2D eigenvalue weighted by Gasteiger charge is 2.16. The Labute approximate surface area is 152 Å². The fourth-order valence-corrected chi connectivity index (χ4v) is 3.80. The molecule has 0 aliphatic heterocycles. The molecule has 1 atom stereocenters. The number of aromatic amines is 1. The maximum atomic E-state index is 12.5. The minimum atomic E-state index is -0.261. The summed E-state index contributed by atoms with van der Waals surface area (Å²) in [5.74, 6) is -0.165. The van der Waals surface area contributed by atoms with Crippen LogP contribution in [0.25, 0.3) is 11.0 Å². The first-order chi connectivity index (χ1) is 12.6. The number of fused-ring (bicyclic) bond motifs is 2. The number of carbonyl (C=O) groups excluding carboxylic acids is 1. The molecule has 4 rings (SSSR count). The smallest absolute Gasteiger partial charge is 0.326 e. The van der Waals surface area contributed by atoms with Crippen LogP contribution in [0.1, 0.15) is 42.5 Å². The predicted octanol–water partition coefficient (Wildman–Crippen LogP) is 3.09. The number of rotatable bonds is 4. The van der Waals surface area contributed by atoms with Crippen molar-refractivity contribution >= 4 is 16.9 Å². The number of nitrogens with one attached hydrogen (secondary N) is 2. The number of carbonyl (C=O) groups is 1. The normalized spacial score (nSPS) is 14.8. The van der Waals surface area contributed by atoms with Crippen molar-refractivity contribution in [2.75, 3.05) is 0 Å². The zero-order valence-corrected chi connectivity index (χ0v) is 14.9. The van der Waals surface area contributed by atoms with Crippen LogP contribution >= 0.6 is 0 Å². The number of imidazole rings is 1. The number of hydrogen-bond acceptors (Lipinski definition) is 2. The summed E-state index contributed by atoms with van der Waals surface area (Å²) in [5, 5.41) is 3.02. The fourth-order valence-electron chi connectivity index (χ4n) is 3.80. The Balaban J connectivity index is 1.49. The summed E-state index contributed by atoms with van der Waals surface area (Å²) >= 11 is 0. The van der Waals surface area contributed by atoms with Gasteiger partial charge in [-0.25, -0.2) is 4.79 Å². The highest BCUT2D eigenvalue weighted by Crippen LogP contribution is 2.24. The third-order valence-corrected chi connectivity index (χ3v) is 5.23. The van der Waals surface area contributed by atoms with Gasteiger partial charge in [0.05, 0.1) is 17.1 Å². The Hall–Kier alpha value is -2.82. The van der Waals surface area contributed by atoms with E-state index in [4.69, 9.17) is 0 Å². The largest absolute Gasteiger partial charge is 0.348 e. The van der Waals surface area contributed by atoms with Crippen molar-refractivity contribution < 1.29 is 4.79 Å². The summed E-state index contributed by atoms with van der Waals surface area (Å²) < 4.78 is 1.48. The first-order valence-electron chi connectivity index (χ1n) is 9.20. The maximum Gasteiger partial charge on any atom is 0.326 e. The van der Waals surface area contributed by atoms with Crippen LogP contribution in [0.4, 0.5) is 0 Å². The summed E-state index contributed by atoms with van der Waals surface area (Å²) in [6, 6.07) is 13.8. The van der Waals surface area contributed by atoms with Crippen molar-refractivity contribution in [1.82, 2.24) is 14.9 Å². The van der Waals surface area contributed by atoms with E-state index < -0.39 is 0 Å². The van der Waals surface area contributed by atoms with Gasteiger partial charge in [-0.3, -0.25) is 9.36 Å². The lowest BCUT2D eigenvalue weighted by molar-refractivity contribution is -0.122. The second-order valence-corrected chi connectivity index (χ2v) is 7.06. The number of amides is 1. The van der Waals surface area contributed by atoms with Crippen LogP contribution in [0.3, 0.4) is 0 Å². The molecule has 0 bridgehead atoms. The average Bonchev–Trinajstić information content (AvgIpc) is 2.96. The second kappa shape index (κ2) is 6.83. The molecule has 134 valence electrons. The van der Waals surface area contributed by atoms with Gasteiger partial charge >= 0.3 is 5.69 Å². The SMILES string of the molecule is CC(NC(=O)Cn1c(=O)[nH]c2ccccc21)c1ccc2c(c1)CCCC2. The number of aryl methyl sites for hydroxylation is 2. The molecule has 3 aromatic rings. The molecule has 1 aliphatic carbocycles. The van der Waals surface area contributed by atoms with E-state index in [1.165, 1.54) is 28.5 Å². The quantitative estimate of drug-likeness (QED) is 0.760. The van der Waals surface area contributed by atoms with E-state index in [9.17, 15) is 9.59 Å². The number of nitrogens with zero attached hydrogens (tertiary/aromatic N) is 1. The second-order valence-electron chi connectivity index (χ2n) is 7.06. The fraction of sp³-hybridized carbons (Fsp3) is 0.333. The van der Waals surface area contributed by atoms with Crippen LogP contribution in [-0.4, -0.2) is 15.5 Å². The standard InChI is InChI=1S/C21H23N3O2/c1-14(16-11-10-15-6-2-3-7-17(15)12-16)22-20(25)13-24-19-9-5-4-8-18(19)23-21(24)26/h4-5,8-12,14H,2-3,6-7,13H2,1H3,(H,22,25)(H,23,26). The Kier molecular flexibility index (Phi) is 4.37. The molecule has 2 N–H and O–H groups in total. The minimum Gasteiger partial charge on any atom is -0.348 e. The highest BCUT2D eigenvalue weighted by molar-refractivity contribution is 5.80. The summed E-state index contributed by atoms with van der Waals surface area (Å²) in [4.78, 5) is 27.4. The van der Waals surface area contributed by atoms with E-state index in [2.05, 4.69) is 28.5 Å². The third-order valence-electron chi connectivity index (χ3n) is 5.23. The Morgan fingerprint density at radius 3 is 2.77 bits per heavy atom. The number of H-pyrrole nitrogens is 1. The lowest BCUT2D eigenvalue weighted by Crippen LogP contribution is -2.33. The van der Waals surface area contributed by atoms with E-state index in [0.29, 0.717) is 0 Å². The molecule has 0 fully saturated rings. The first-order valence-corrected chi connectivity index (χ1v) is 9.20. The van der Waals surface area contributed by atoms with Crippen LogP contribution in [0, 0.1) is 0 Å². The highest BCUT2D eigenvalue weighted by atomic mass is 16.2. The summed E-state index contributed by atoms with van der Waals surface area (Å²) in [5.41, 5.74) is 5.18. The average molecular weight is 349 g/mol. The molecule has 0 saturated heterocycles.